The van der Waals surface area contributed by atoms with E-state index in [0.717, 1.165) is 18.1 Å². The van der Waals surface area contributed by atoms with E-state index in [1.54, 1.807) is 24.7 Å². The highest BCUT2D eigenvalue weighted by Crippen LogP contribution is 2.22. The van der Waals surface area contributed by atoms with Crippen molar-refractivity contribution in [3.8, 4) is 11.4 Å². The molecule has 0 aliphatic carbocycles. The summed E-state index contributed by atoms with van der Waals surface area (Å²) in [6.45, 7) is 3.24. The maximum absolute atomic E-state index is 5.66. The third-order valence-electron chi connectivity index (χ3n) is 3.63. The molecule has 104 valence electrons. The average molecular weight is 270 g/mol. The Morgan fingerprint density at radius 1 is 1.20 bits per heavy atom. The topological polar surface area (TPSA) is 80.8 Å². The Morgan fingerprint density at radius 2 is 2.00 bits per heavy atom. The van der Waals surface area contributed by atoms with Crippen LogP contribution in [0, 0.1) is 0 Å². The van der Waals surface area contributed by atoms with Gasteiger partial charge in [0.05, 0.1) is 5.56 Å². The predicted octanol–water partition coefficient (Wildman–Crippen LogP) is 1.89. The van der Waals surface area contributed by atoms with Crippen LogP contribution in [0.5, 0.6) is 0 Å². The van der Waals surface area contributed by atoms with Gasteiger partial charge in [-0.25, -0.2) is 19.9 Å². The maximum Gasteiger partial charge on any atom is 0.225 e. The molecule has 0 aromatic carbocycles. The van der Waals surface area contributed by atoms with E-state index < -0.39 is 0 Å². The van der Waals surface area contributed by atoms with Crippen molar-refractivity contribution in [2.45, 2.75) is 32.2 Å². The van der Waals surface area contributed by atoms with Gasteiger partial charge in [0.1, 0.15) is 5.82 Å². The van der Waals surface area contributed by atoms with E-state index in [9.17, 15) is 0 Å². The van der Waals surface area contributed by atoms with Crippen LogP contribution in [0.2, 0.25) is 0 Å². The summed E-state index contributed by atoms with van der Waals surface area (Å²) in [7, 11) is 0. The number of hydrogen-bond acceptors (Lipinski definition) is 6. The Bertz CT molecular complexity index is 582. The van der Waals surface area contributed by atoms with Gasteiger partial charge in [-0.05, 0) is 32.3 Å². The zero-order valence-corrected chi connectivity index (χ0v) is 11.5. The molecule has 1 saturated heterocycles. The largest absolute Gasteiger partial charge is 0.384 e. The lowest BCUT2D eigenvalue weighted by Crippen LogP contribution is -2.38. The summed E-state index contributed by atoms with van der Waals surface area (Å²) in [4.78, 5) is 19.5. The highest BCUT2D eigenvalue weighted by Gasteiger charge is 2.20. The second kappa shape index (κ2) is 5.40. The molecule has 6 heteroatoms. The fraction of sp³-hybridized carbons (Fsp3) is 0.429. The zero-order valence-electron chi connectivity index (χ0n) is 11.5. The minimum absolute atomic E-state index is 0.448. The van der Waals surface area contributed by atoms with E-state index >= 15 is 0 Å². The molecule has 2 aromatic rings. The number of nitrogens with zero attached hydrogens (tertiary/aromatic N) is 5. The van der Waals surface area contributed by atoms with Gasteiger partial charge in [-0.1, -0.05) is 0 Å². The molecule has 1 atom stereocenters. The van der Waals surface area contributed by atoms with Crippen molar-refractivity contribution in [2.75, 3.05) is 17.2 Å². The van der Waals surface area contributed by atoms with Crippen LogP contribution in [0.4, 0.5) is 11.8 Å². The molecule has 2 aromatic heterocycles. The van der Waals surface area contributed by atoms with Gasteiger partial charge in [0.2, 0.25) is 5.95 Å². The van der Waals surface area contributed by atoms with Crippen molar-refractivity contribution in [1.29, 1.82) is 0 Å². The molecule has 20 heavy (non-hydrogen) atoms. The highest BCUT2D eigenvalue weighted by atomic mass is 15.3. The van der Waals surface area contributed by atoms with Crippen molar-refractivity contribution in [3.63, 3.8) is 0 Å². The molecule has 2 N–H and O–H groups in total. The van der Waals surface area contributed by atoms with Gasteiger partial charge < -0.3 is 10.6 Å². The zero-order chi connectivity index (χ0) is 13.9. The number of nitrogens with two attached hydrogens (primary N) is 1. The van der Waals surface area contributed by atoms with Crippen molar-refractivity contribution in [1.82, 2.24) is 19.9 Å². The summed E-state index contributed by atoms with van der Waals surface area (Å²) in [5, 5.41) is 0. The molecule has 0 bridgehead atoms. The minimum Gasteiger partial charge on any atom is -0.384 e. The summed E-state index contributed by atoms with van der Waals surface area (Å²) in [5.41, 5.74) is 6.44. The van der Waals surface area contributed by atoms with Gasteiger partial charge in [-0.3, -0.25) is 0 Å². The highest BCUT2D eigenvalue weighted by molar-refractivity contribution is 5.54. The van der Waals surface area contributed by atoms with Gasteiger partial charge >= 0.3 is 0 Å². The monoisotopic (exact) mass is 270 g/mol. The van der Waals surface area contributed by atoms with Crippen LogP contribution >= 0.6 is 0 Å². The number of anilines is 2. The van der Waals surface area contributed by atoms with Crippen LogP contribution in [-0.4, -0.2) is 32.5 Å². The Balaban J connectivity index is 1.84. The molecule has 3 heterocycles. The molecule has 0 spiro atoms. The molecule has 3 rings (SSSR count). The van der Waals surface area contributed by atoms with Crippen molar-refractivity contribution in [3.05, 3.63) is 24.7 Å². The van der Waals surface area contributed by atoms with Gasteiger partial charge in [0, 0.05) is 31.2 Å². The van der Waals surface area contributed by atoms with E-state index in [-0.39, 0.29) is 0 Å². The molecule has 1 aliphatic rings. The van der Waals surface area contributed by atoms with Crippen molar-refractivity contribution >= 4 is 11.8 Å². The lowest BCUT2D eigenvalue weighted by Gasteiger charge is -2.33. The SMILES string of the molecule is CC1CCCCN1c1ncc(-c2nccc(N)n2)cn1. The minimum atomic E-state index is 0.448. The Labute approximate surface area is 118 Å². The average Bonchev–Trinajstić information content (AvgIpc) is 2.48. The van der Waals surface area contributed by atoms with E-state index in [2.05, 4.69) is 31.8 Å². The molecular formula is C14H18N6. The molecule has 1 unspecified atom stereocenters. The molecule has 0 radical (unpaired) electrons. The third-order valence-corrected chi connectivity index (χ3v) is 3.63. The first-order valence-electron chi connectivity index (χ1n) is 6.91. The lowest BCUT2D eigenvalue weighted by molar-refractivity contribution is 0.477. The summed E-state index contributed by atoms with van der Waals surface area (Å²) >= 11 is 0. The van der Waals surface area contributed by atoms with Crippen LogP contribution in [0.25, 0.3) is 11.4 Å². The normalized spacial score (nSPS) is 19.1. The summed E-state index contributed by atoms with van der Waals surface area (Å²) < 4.78 is 0. The van der Waals surface area contributed by atoms with Crippen LogP contribution in [0.1, 0.15) is 26.2 Å². The smallest absolute Gasteiger partial charge is 0.225 e. The first kappa shape index (κ1) is 12.8. The third kappa shape index (κ3) is 2.54. The Morgan fingerprint density at radius 3 is 2.70 bits per heavy atom. The first-order chi connectivity index (χ1) is 9.74. The van der Waals surface area contributed by atoms with Gasteiger partial charge in [-0.15, -0.1) is 0 Å². The second-order valence-corrected chi connectivity index (χ2v) is 5.12. The molecule has 1 aliphatic heterocycles. The number of hydrogen-bond donors (Lipinski definition) is 1. The standard InChI is InChI=1S/C14H18N6/c1-10-4-2-3-7-20(10)14-17-8-11(9-18-14)13-16-6-5-12(15)19-13/h5-6,8-10H,2-4,7H2,1H3,(H2,15,16,19). The first-order valence-corrected chi connectivity index (χ1v) is 6.91. The summed E-state index contributed by atoms with van der Waals surface area (Å²) in [5.74, 6) is 1.79. The van der Waals surface area contributed by atoms with Crippen molar-refractivity contribution < 1.29 is 0 Å². The summed E-state index contributed by atoms with van der Waals surface area (Å²) in [6.07, 6.45) is 8.85. The van der Waals surface area contributed by atoms with Crippen LogP contribution in [-0.2, 0) is 0 Å². The molecule has 0 amide bonds. The van der Waals surface area contributed by atoms with Gasteiger partial charge in [0.15, 0.2) is 5.82 Å². The fourth-order valence-corrected chi connectivity index (χ4v) is 2.49. The van der Waals surface area contributed by atoms with Gasteiger partial charge in [-0.2, -0.15) is 0 Å². The molecular weight excluding hydrogens is 252 g/mol. The lowest BCUT2D eigenvalue weighted by atomic mass is 10.0. The van der Waals surface area contributed by atoms with E-state index in [4.69, 9.17) is 5.73 Å². The van der Waals surface area contributed by atoms with E-state index in [1.165, 1.54) is 19.3 Å². The number of aromatic nitrogens is 4. The number of piperidine rings is 1. The van der Waals surface area contributed by atoms with E-state index in [1.807, 2.05) is 0 Å². The van der Waals surface area contributed by atoms with Crippen LogP contribution in [0.15, 0.2) is 24.7 Å². The van der Waals surface area contributed by atoms with Crippen LogP contribution in [0.3, 0.4) is 0 Å². The molecule has 1 fully saturated rings. The number of nitrogen functional groups attached to an aromatic ring is 1. The summed E-state index contributed by atoms with van der Waals surface area (Å²) in [6, 6.07) is 2.16. The predicted molar refractivity (Wildman–Crippen MR) is 78.1 cm³/mol. The van der Waals surface area contributed by atoms with Crippen LogP contribution < -0.4 is 10.6 Å². The van der Waals surface area contributed by atoms with Gasteiger partial charge in [0.25, 0.3) is 0 Å². The fourth-order valence-electron chi connectivity index (χ4n) is 2.49. The number of rotatable bonds is 2. The Hall–Kier alpha value is -2.24. The van der Waals surface area contributed by atoms with Crippen molar-refractivity contribution in [2.24, 2.45) is 0 Å². The van der Waals surface area contributed by atoms with E-state index in [0.29, 0.717) is 17.7 Å². The quantitative estimate of drug-likeness (QED) is 0.897. The maximum atomic E-state index is 5.66. The second-order valence-electron chi connectivity index (χ2n) is 5.12. The Kier molecular flexibility index (Phi) is 3.45. The molecule has 0 saturated carbocycles. The molecule has 6 nitrogen and oxygen atoms in total.